The average molecular weight is 341 g/mol. The summed E-state index contributed by atoms with van der Waals surface area (Å²) in [5.74, 6) is -1.30. The quantitative estimate of drug-likeness (QED) is 0.852. The molecular weight excluding hydrogens is 326 g/mol. The van der Waals surface area contributed by atoms with Gasteiger partial charge in [-0.3, -0.25) is 9.89 Å². The van der Waals surface area contributed by atoms with Crippen molar-refractivity contribution in [2.45, 2.75) is 32.2 Å². The molecule has 2 heterocycles. The van der Waals surface area contributed by atoms with E-state index in [0.29, 0.717) is 24.6 Å². The first kappa shape index (κ1) is 15.9. The van der Waals surface area contributed by atoms with Crippen LogP contribution < -0.4 is 0 Å². The van der Waals surface area contributed by atoms with Gasteiger partial charge in [-0.15, -0.1) is 0 Å². The molecule has 3 rings (SSSR count). The number of aromatic amines is 1. The minimum absolute atomic E-state index is 0.240. The highest BCUT2D eigenvalue weighted by molar-refractivity contribution is 6.31. The van der Waals surface area contributed by atoms with Crippen molar-refractivity contribution in [1.82, 2.24) is 20.1 Å². The summed E-state index contributed by atoms with van der Waals surface area (Å²) >= 11 is 5.57. The van der Waals surface area contributed by atoms with Crippen molar-refractivity contribution < 1.29 is 13.6 Å². The highest BCUT2D eigenvalue weighted by Crippen LogP contribution is 2.32. The molecule has 0 saturated carbocycles. The predicted molar refractivity (Wildman–Crippen MR) is 80.1 cm³/mol. The highest BCUT2D eigenvalue weighted by Gasteiger charge is 2.33. The predicted octanol–water partition coefficient (Wildman–Crippen LogP) is 3.41. The summed E-state index contributed by atoms with van der Waals surface area (Å²) < 4.78 is 27.4. The van der Waals surface area contributed by atoms with Crippen LogP contribution in [0, 0.1) is 18.6 Å². The van der Waals surface area contributed by atoms with Crippen LogP contribution in [0.1, 0.15) is 47.3 Å². The average Bonchev–Trinajstić information content (AvgIpc) is 2.98. The lowest BCUT2D eigenvalue weighted by Crippen LogP contribution is -2.39. The smallest absolute Gasteiger partial charge is 0.257 e. The van der Waals surface area contributed by atoms with Gasteiger partial charge in [0.15, 0.2) is 11.6 Å². The van der Waals surface area contributed by atoms with E-state index in [1.807, 2.05) is 0 Å². The number of nitrogens with zero attached hydrogens (tertiary/aromatic N) is 3. The van der Waals surface area contributed by atoms with Crippen LogP contribution in [0.5, 0.6) is 0 Å². The second kappa shape index (κ2) is 6.23. The molecule has 122 valence electrons. The molecule has 1 atom stereocenters. The minimum atomic E-state index is -1.04. The van der Waals surface area contributed by atoms with Crippen LogP contribution in [0.15, 0.2) is 12.1 Å². The summed E-state index contributed by atoms with van der Waals surface area (Å²) in [5.41, 5.74) is -0.240. The maximum atomic E-state index is 14.1. The second-order valence-electron chi connectivity index (χ2n) is 5.51. The van der Waals surface area contributed by atoms with Gasteiger partial charge in [0.1, 0.15) is 16.7 Å². The van der Waals surface area contributed by atoms with Gasteiger partial charge in [-0.25, -0.2) is 13.8 Å². The van der Waals surface area contributed by atoms with Crippen LogP contribution in [-0.4, -0.2) is 32.5 Å². The molecule has 5 nitrogen and oxygen atoms in total. The van der Waals surface area contributed by atoms with Crippen LogP contribution in [-0.2, 0) is 0 Å². The number of halogens is 3. The van der Waals surface area contributed by atoms with Crippen LogP contribution in [0.2, 0.25) is 5.02 Å². The van der Waals surface area contributed by atoms with Crippen molar-refractivity contribution in [3.05, 3.63) is 46.0 Å². The Morgan fingerprint density at radius 3 is 2.87 bits per heavy atom. The van der Waals surface area contributed by atoms with E-state index in [-0.39, 0.29) is 11.6 Å². The molecule has 1 aromatic carbocycles. The maximum Gasteiger partial charge on any atom is 0.257 e. The lowest BCUT2D eigenvalue weighted by atomic mass is 10.00. The van der Waals surface area contributed by atoms with Gasteiger partial charge in [-0.1, -0.05) is 11.6 Å². The Labute approximate surface area is 136 Å². The topological polar surface area (TPSA) is 61.9 Å². The number of likely N-dealkylation sites (tertiary alicyclic amines) is 1. The molecule has 1 aliphatic rings. The van der Waals surface area contributed by atoms with Gasteiger partial charge < -0.3 is 4.90 Å². The first-order chi connectivity index (χ1) is 11.0. The zero-order valence-electron chi connectivity index (χ0n) is 12.4. The molecule has 2 aromatic rings. The van der Waals surface area contributed by atoms with Gasteiger partial charge in [0.05, 0.1) is 11.6 Å². The molecule has 0 bridgehead atoms. The summed E-state index contributed by atoms with van der Waals surface area (Å²) in [6, 6.07) is 1.78. The minimum Gasteiger partial charge on any atom is -0.328 e. The third kappa shape index (κ3) is 2.93. The number of hydrogen-bond donors (Lipinski definition) is 1. The molecule has 1 unspecified atom stereocenters. The first-order valence-corrected chi connectivity index (χ1v) is 7.70. The van der Waals surface area contributed by atoms with Crippen LogP contribution in [0.3, 0.4) is 0 Å². The van der Waals surface area contributed by atoms with Crippen molar-refractivity contribution >= 4 is 17.5 Å². The molecule has 8 heteroatoms. The van der Waals surface area contributed by atoms with E-state index >= 15 is 0 Å². The molecule has 23 heavy (non-hydrogen) atoms. The van der Waals surface area contributed by atoms with Crippen LogP contribution >= 0.6 is 11.6 Å². The van der Waals surface area contributed by atoms with Crippen LogP contribution in [0.25, 0.3) is 0 Å². The summed E-state index contributed by atoms with van der Waals surface area (Å²) in [4.78, 5) is 18.5. The molecule has 1 N–H and O–H groups in total. The second-order valence-corrected chi connectivity index (χ2v) is 5.89. The van der Waals surface area contributed by atoms with Gasteiger partial charge in [0.2, 0.25) is 0 Å². The number of piperidine rings is 1. The van der Waals surface area contributed by atoms with Crippen molar-refractivity contribution in [3.8, 4) is 0 Å². The first-order valence-electron chi connectivity index (χ1n) is 7.32. The number of carbonyl (C=O) groups is 1. The number of carbonyl (C=O) groups excluding carboxylic acids is 1. The molecule has 1 aromatic heterocycles. The molecular formula is C15H15ClF2N4O. The fraction of sp³-hybridized carbons (Fsp3) is 0.400. The summed E-state index contributed by atoms with van der Waals surface area (Å²) in [5, 5.41) is 6.19. The Morgan fingerprint density at radius 2 is 2.17 bits per heavy atom. The monoisotopic (exact) mass is 340 g/mol. The number of benzene rings is 1. The van der Waals surface area contributed by atoms with E-state index in [9.17, 15) is 13.6 Å². The van der Waals surface area contributed by atoms with E-state index in [4.69, 9.17) is 11.6 Å². The summed E-state index contributed by atoms with van der Waals surface area (Å²) in [7, 11) is 0. The van der Waals surface area contributed by atoms with Crippen molar-refractivity contribution in [1.29, 1.82) is 0 Å². The molecule has 0 spiro atoms. The highest BCUT2D eigenvalue weighted by atomic mass is 35.5. The van der Waals surface area contributed by atoms with Gasteiger partial charge in [0, 0.05) is 6.54 Å². The standard InChI is InChI=1S/C15H15ClF2N4O/c1-8-19-14(21-20-8)11-4-2-3-7-22(11)15(23)9-5-6-10(17)12(16)13(9)18/h5-6,11H,2-4,7H2,1H3,(H,19,20,21). The van der Waals surface area contributed by atoms with Crippen molar-refractivity contribution in [2.24, 2.45) is 0 Å². The summed E-state index contributed by atoms with van der Waals surface area (Å²) in [6.07, 6.45) is 2.43. The zero-order valence-corrected chi connectivity index (χ0v) is 13.2. The van der Waals surface area contributed by atoms with Crippen LogP contribution in [0.4, 0.5) is 8.78 Å². The molecule has 1 saturated heterocycles. The SMILES string of the molecule is Cc1nc(C2CCCCN2C(=O)c2ccc(F)c(Cl)c2F)n[nH]1. The van der Waals surface area contributed by atoms with Gasteiger partial charge in [0.25, 0.3) is 5.91 Å². The Morgan fingerprint density at radius 1 is 1.39 bits per heavy atom. The number of nitrogens with one attached hydrogen (secondary N) is 1. The lowest BCUT2D eigenvalue weighted by Gasteiger charge is -2.34. The largest absolute Gasteiger partial charge is 0.328 e. The number of H-pyrrole nitrogens is 1. The number of amides is 1. The van der Waals surface area contributed by atoms with Gasteiger partial charge in [-0.2, -0.15) is 5.10 Å². The molecule has 1 amide bonds. The van der Waals surface area contributed by atoms with E-state index in [1.54, 1.807) is 6.92 Å². The Balaban J connectivity index is 1.95. The number of rotatable bonds is 2. The third-order valence-corrected chi connectivity index (χ3v) is 4.29. The van der Waals surface area contributed by atoms with Gasteiger partial charge >= 0.3 is 0 Å². The van der Waals surface area contributed by atoms with E-state index < -0.39 is 22.6 Å². The van der Waals surface area contributed by atoms with Gasteiger partial charge in [-0.05, 0) is 38.3 Å². The van der Waals surface area contributed by atoms with E-state index in [2.05, 4.69) is 15.2 Å². The normalized spacial score (nSPS) is 18.3. The number of aromatic nitrogens is 3. The summed E-state index contributed by atoms with van der Waals surface area (Å²) in [6.45, 7) is 2.23. The maximum absolute atomic E-state index is 14.1. The Bertz CT molecular complexity index is 749. The van der Waals surface area contributed by atoms with E-state index in [0.717, 1.165) is 25.0 Å². The van der Waals surface area contributed by atoms with Crippen molar-refractivity contribution in [3.63, 3.8) is 0 Å². The Hall–Kier alpha value is -2.02. The molecule has 1 aliphatic heterocycles. The molecule has 1 fully saturated rings. The van der Waals surface area contributed by atoms with Crippen molar-refractivity contribution in [2.75, 3.05) is 6.54 Å². The zero-order chi connectivity index (χ0) is 16.6. The third-order valence-electron chi connectivity index (χ3n) is 3.94. The Kier molecular flexibility index (Phi) is 4.30. The lowest BCUT2D eigenvalue weighted by molar-refractivity contribution is 0.0595. The molecule has 0 radical (unpaired) electrons. The number of aryl methyl sites for hydroxylation is 1. The van der Waals surface area contributed by atoms with E-state index in [1.165, 1.54) is 4.90 Å². The molecule has 0 aliphatic carbocycles. The number of hydrogen-bond acceptors (Lipinski definition) is 3. The fourth-order valence-electron chi connectivity index (χ4n) is 2.80. The fourth-order valence-corrected chi connectivity index (χ4v) is 2.96.